The second-order valence-electron chi connectivity index (χ2n) is 6.23. The van der Waals surface area contributed by atoms with Crippen molar-refractivity contribution < 1.29 is 18.9 Å². The third kappa shape index (κ3) is 4.52. The van der Waals surface area contributed by atoms with E-state index in [4.69, 9.17) is 21.4 Å². The summed E-state index contributed by atoms with van der Waals surface area (Å²) < 4.78 is 11.6. The van der Waals surface area contributed by atoms with E-state index in [9.17, 15) is 14.9 Å². The Morgan fingerprint density at radius 2 is 2.06 bits per heavy atom. The molecule has 0 atom stereocenters. The summed E-state index contributed by atoms with van der Waals surface area (Å²) in [5, 5.41) is 16.9. The quantitative estimate of drug-likeness (QED) is 0.255. The minimum absolute atomic E-state index is 0.0136. The van der Waals surface area contributed by atoms with Gasteiger partial charge in [0.15, 0.2) is 16.0 Å². The first-order valence-corrected chi connectivity index (χ1v) is 10.1. The maximum absolute atomic E-state index is 12.4. The molecule has 2 N–H and O–H groups in total. The first kappa shape index (κ1) is 20.4. The monoisotopic (exact) mass is 454 g/mol. The molecular weight excluding hydrogens is 440 g/mol. The fraction of sp³-hybridized carbons (Fsp3) is 0.0500. The van der Waals surface area contributed by atoms with Crippen molar-refractivity contribution in [3.63, 3.8) is 0 Å². The van der Waals surface area contributed by atoms with E-state index in [-0.39, 0.29) is 16.6 Å². The fourth-order valence-corrected chi connectivity index (χ4v) is 3.92. The molecule has 0 saturated heterocycles. The highest BCUT2D eigenvalue weighted by Gasteiger charge is 2.16. The molecule has 0 aliphatic carbocycles. The molecule has 0 saturated carbocycles. The maximum Gasteiger partial charge on any atom is 0.293 e. The zero-order valence-electron chi connectivity index (χ0n) is 15.9. The van der Waals surface area contributed by atoms with Crippen molar-refractivity contribution in [1.82, 2.24) is 10.3 Å². The number of aromatic nitrogens is 1. The van der Waals surface area contributed by atoms with E-state index < -0.39 is 10.8 Å². The van der Waals surface area contributed by atoms with Crippen LogP contribution in [0.25, 0.3) is 21.5 Å². The highest BCUT2D eigenvalue weighted by atomic mass is 32.1. The lowest BCUT2D eigenvalue weighted by Crippen LogP contribution is -2.33. The molecule has 4 rings (SSSR count). The van der Waals surface area contributed by atoms with Gasteiger partial charge in [-0.05, 0) is 42.5 Å². The maximum atomic E-state index is 12.4. The number of nitrogens with one attached hydrogen (secondary N) is 2. The van der Waals surface area contributed by atoms with Crippen LogP contribution < -0.4 is 15.4 Å². The first-order valence-electron chi connectivity index (χ1n) is 8.84. The van der Waals surface area contributed by atoms with Gasteiger partial charge >= 0.3 is 0 Å². The van der Waals surface area contributed by atoms with E-state index in [0.29, 0.717) is 16.5 Å². The van der Waals surface area contributed by atoms with Crippen molar-refractivity contribution >= 4 is 55.6 Å². The normalized spacial score (nSPS) is 10.6. The highest BCUT2D eigenvalue weighted by Crippen LogP contribution is 2.29. The number of anilines is 1. The SMILES string of the molecule is COc1ccc2nc(NC(=S)NC(=O)c3ccc(-c4cccc([N+](=O)[O-])c4)o3)sc2c1. The van der Waals surface area contributed by atoms with Gasteiger partial charge in [0.1, 0.15) is 11.5 Å². The van der Waals surface area contributed by atoms with Crippen molar-refractivity contribution in [2.45, 2.75) is 0 Å². The van der Waals surface area contributed by atoms with Crippen LogP contribution in [-0.4, -0.2) is 28.0 Å². The number of rotatable bonds is 5. The second-order valence-corrected chi connectivity index (χ2v) is 7.67. The number of benzene rings is 2. The van der Waals surface area contributed by atoms with Gasteiger partial charge in [-0.1, -0.05) is 23.5 Å². The number of nitro groups is 1. The zero-order valence-corrected chi connectivity index (χ0v) is 17.6. The number of nitrogens with zero attached hydrogens (tertiary/aromatic N) is 2. The van der Waals surface area contributed by atoms with Gasteiger partial charge in [-0.2, -0.15) is 0 Å². The molecule has 2 heterocycles. The number of fused-ring (bicyclic) bond motifs is 1. The Bertz CT molecular complexity index is 1310. The average molecular weight is 454 g/mol. The number of thiazole rings is 1. The van der Waals surface area contributed by atoms with Crippen LogP contribution >= 0.6 is 23.6 Å². The van der Waals surface area contributed by atoms with Crippen molar-refractivity contribution in [2.75, 3.05) is 12.4 Å². The summed E-state index contributed by atoms with van der Waals surface area (Å²) in [6, 6.07) is 14.5. The Hall–Kier alpha value is -3.83. The molecule has 31 heavy (non-hydrogen) atoms. The summed E-state index contributed by atoms with van der Waals surface area (Å²) in [4.78, 5) is 27.3. The number of nitro benzene ring substituents is 1. The summed E-state index contributed by atoms with van der Waals surface area (Å²) in [5.41, 5.74) is 1.19. The van der Waals surface area contributed by atoms with Gasteiger partial charge in [-0.25, -0.2) is 4.98 Å². The van der Waals surface area contributed by atoms with Crippen LogP contribution in [0.3, 0.4) is 0 Å². The number of furan rings is 1. The smallest absolute Gasteiger partial charge is 0.293 e. The molecule has 11 heteroatoms. The van der Waals surface area contributed by atoms with E-state index in [1.54, 1.807) is 25.3 Å². The number of methoxy groups -OCH3 is 1. The van der Waals surface area contributed by atoms with Gasteiger partial charge in [0.05, 0.1) is 22.2 Å². The molecule has 0 unspecified atom stereocenters. The van der Waals surface area contributed by atoms with Crippen LogP contribution in [0.1, 0.15) is 10.6 Å². The van der Waals surface area contributed by atoms with Crippen molar-refractivity contribution in [1.29, 1.82) is 0 Å². The standard InChI is InChI=1S/C20H14N4O5S2/c1-28-13-5-6-14-17(10-13)31-20(21-14)23-19(30)22-18(25)16-8-7-15(29-16)11-3-2-4-12(9-11)24(26)27/h2-10H,1H3,(H2,21,22,23,25,30). The molecule has 156 valence electrons. The largest absolute Gasteiger partial charge is 0.497 e. The van der Waals surface area contributed by atoms with E-state index in [1.807, 2.05) is 18.2 Å². The molecule has 2 aromatic heterocycles. The van der Waals surface area contributed by atoms with E-state index in [2.05, 4.69) is 15.6 Å². The van der Waals surface area contributed by atoms with Crippen LogP contribution in [0, 0.1) is 10.1 Å². The van der Waals surface area contributed by atoms with Crippen LogP contribution in [0.2, 0.25) is 0 Å². The minimum Gasteiger partial charge on any atom is -0.497 e. The summed E-state index contributed by atoms with van der Waals surface area (Å²) in [6.45, 7) is 0. The number of hydrogen-bond donors (Lipinski definition) is 2. The molecule has 2 aromatic carbocycles. The number of carbonyl (C=O) groups excluding carboxylic acids is 1. The third-order valence-electron chi connectivity index (χ3n) is 4.21. The lowest BCUT2D eigenvalue weighted by Gasteiger charge is -2.05. The van der Waals surface area contributed by atoms with E-state index in [1.165, 1.54) is 29.5 Å². The lowest BCUT2D eigenvalue weighted by atomic mass is 10.1. The fourth-order valence-electron chi connectivity index (χ4n) is 2.77. The van der Waals surface area contributed by atoms with E-state index >= 15 is 0 Å². The van der Waals surface area contributed by atoms with Crippen molar-refractivity contribution in [3.05, 3.63) is 70.5 Å². The summed E-state index contributed by atoms with van der Waals surface area (Å²) in [5.74, 6) is 0.500. The first-order chi connectivity index (χ1) is 14.9. The summed E-state index contributed by atoms with van der Waals surface area (Å²) >= 11 is 6.56. The Labute approximate surface area is 184 Å². The highest BCUT2D eigenvalue weighted by molar-refractivity contribution is 7.80. The number of amides is 1. The van der Waals surface area contributed by atoms with Crippen LogP contribution in [0.15, 0.2) is 59.0 Å². The van der Waals surface area contributed by atoms with E-state index in [0.717, 1.165) is 16.0 Å². The van der Waals surface area contributed by atoms with Gasteiger partial charge in [0.25, 0.3) is 11.6 Å². The molecule has 1 amide bonds. The molecular formula is C20H14N4O5S2. The average Bonchev–Trinajstić information content (AvgIpc) is 3.40. The third-order valence-corrected chi connectivity index (χ3v) is 5.35. The van der Waals surface area contributed by atoms with Crippen LogP contribution in [0.5, 0.6) is 5.75 Å². The number of non-ortho nitro benzene ring substituents is 1. The van der Waals surface area contributed by atoms with Gasteiger partial charge in [0, 0.05) is 17.7 Å². The predicted octanol–water partition coefficient (Wildman–Crippen LogP) is 4.60. The molecule has 0 bridgehead atoms. The summed E-state index contributed by atoms with van der Waals surface area (Å²) in [7, 11) is 1.59. The Morgan fingerprint density at radius 1 is 1.23 bits per heavy atom. The van der Waals surface area contributed by atoms with Crippen molar-refractivity contribution in [3.8, 4) is 17.1 Å². The van der Waals surface area contributed by atoms with Gasteiger partial charge in [0.2, 0.25) is 0 Å². The van der Waals surface area contributed by atoms with Crippen LogP contribution in [0.4, 0.5) is 10.8 Å². The lowest BCUT2D eigenvalue weighted by molar-refractivity contribution is -0.384. The number of thiocarbonyl (C=S) groups is 1. The minimum atomic E-state index is -0.558. The molecule has 0 aliphatic rings. The van der Waals surface area contributed by atoms with Crippen molar-refractivity contribution in [2.24, 2.45) is 0 Å². The zero-order chi connectivity index (χ0) is 22.0. The Morgan fingerprint density at radius 3 is 2.84 bits per heavy atom. The second kappa shape index (κ2) is 8.50. The Kier molecular flexibility index (Phi) is 5.60. The predicted molar refractivity (Wildman–Crippen MR) is 121 cm³/mol. The summed E-state index contributed by atoms with van der Waals surface area (Å²) in [6.07, 6.45) is 0. The molecule has 0 radical (unpaired) electrons. The van der Waals surface area contributed by atoms with Gasteiger partial charge in [-0.15, -0.1) is 0 Å². The molecule has 0 fully saturated rings. The molecule has 9 nitrogen and oxygen atoms in total. The van der Waals surface area contributed by atoms with Crippen LogP contribution in [-0.2, 0) is 0 Å². The van der Waals surface area contributed by atoms with Gasteiger partial charge < -0.3 is 14.5 Å². The van der Waals surface area contributed by atoms with Gasteiger partial charge in [-0.3, -0.25) is 20.2 Å². The number of ether oxygens (including phenoxy) is 1. The molecule has 4 aromatic rings. The molecule has 0 aliphatic heterocycles. The Balaban J connectivity index is 1.43. The molecule has 0 spiro atoms. The number of hydrogen-bond acceptors (Lipinski definition) is 8. The topological polar surface area (TPSA) is 120 Å². The number of carbonyl (C=O) groups is 1.